The van der Waals surface area contributed by atoms with Gasteiger partial charge in [0.15, 0.2) is 0 Å². The molecule has 2 amide bonds. The van der Waals surface area contributed by atoms with E-state index in [9.17, 15) is 9.59 Å². The molecule has 0 saturated heterocycles. The average Bonchev–Trinajstić information content (AvgIpc) is 3.28. The molecule has 3 N–H and O–H groups in total. The number of anilines is 3. The van der Waals surface area contributed by atoms with Crippen LogP contribution in [0.3, 0.4) is 0 Å². The van der Waals surface area contributed by atoms with Gasteiger partial charge >= 0.3 is 0 Å². The van der Waals surface area contributed by atoms with Gasteiger partial charge in [0.25, 0.3) is 5.91 Å². The van der Waals surface area contributed by atoms with E-state index in [1.54, 1.807) is 24.3 Å². The number of nitrogens with zero attached hydrogens (tertiary/aromatic N) is 1. The molecule has 176 valence electrons. The Bertz CT molecular complexity index is 1160. The number of rotatable bonds is 8. The van der Waals surface area contributed by atoms with Gasteiger partial charge in [-0.1, -0.05) is 56.3 Å². The van der Waals surface area contributed by atoms with Crippen molar-refractivity contribution in [1.29, 1.82) is 0 Å². The Morgan fingerprint density at radius 1 is 0.824 bits per heavy atom. The summed E-state index contributed by atoms with van der Waals surface area (Å²) in [7, 11) is 0. The summed E-state index contributed by atoms with van der Waals surface area (Å²) in [6, 6.07) is 23.0. The van der Waals surface area contributed by atoms with Crippen LogP contribution in [0.5, 0.6) is 0 Å². The summed E-state index contributed by atoms with van der Waals surface area (Å²) in [5.41, 5.74) is 5.15. The predicted molar refractivity (Wildman–Crippen MR) is 138 cm³/mol. The quantitative estimate of drug-likeness (QED) is 0.427. The van der Waals surface area contributed by atoms with Crippen LogP contribution < -0.4 is 16.0 Å². The first-order valence-corrected chi connectivity index (χ1v) is 11.8. The van der Waals surface area contributed by atoms with Crippen LogP contribution in [-0.2, 0) is 17.9 Å². The van der Waals surface area contributed by atoms with E-state index >= 15 is 0 Å². The Kier molecular flexibility index (Phi) is 7.28. The Morgan fingerprint density at radius 2 is 1.53 bits per heavy atom. The Labute approximate surface area is 201 Å². The summed E-state index contributed by atoms with van der Waals surface area (Å²) < 4.78 is 0. The van der Waals surface area contributed by atoms with Crippen molar-refractivity contribution < 1.29 is 9.59 Å². The van der Waals surface area contributed by atoms with Crippen molar-refractivity contribution in [3.05, 3.63) is 89.5 Å². The van der Waals surface area contributed by atoms with Gasteiger partial charge in [0.1, 0.15) is 0 Å². The molecule has 1 unspecified atom stereocenters. The molecule has 0 aliphatic carbocycles. The molecule has 1 atom stereocenters. The van der Waals surface area contributed by atoms with Gasteiger partial charge in [0, 0.05) is 30.5 Å². The summed E-state index contributed by atoms with van der Waals surface area (Å²) in [6.45, 7) is 8.68. The second-order valence-corrected chi connectivity index (χ2v) is 9.10. The van der Waals surface area contributed by atoms with E-state index in [2.05, 4.69) is 47.7 Å². The molecular weight excluding hydrogens is 424 g/mol. The molecule has 0 aromatic heterocycles. The molecule has 34 heavy (non-hydrogen) atoms. The molecule has 1 heterocycles. The van der Waals surface area contributed by atoms with Gasteiger partial charge in [0.2, 0.25) is 5.91 Å². The molecule has 3 aromatic carbocycles. The number of fused-ring (bicyclic) bond motifs is 1. The third-order valence-corrected chi connectivity index (χ3v) is 6.47. The Morgan fingerprint density at radius 3 is 2.29 bits per heavy atom. The lowest BCUT2D eigenvalue weighted by Gasteiger charge is -2.27. The van der Waals surface area contributed by atoms with Crippen LogP contribution in [0.15, 0.2) is 72.8 Å². The Balaban J connectivity index is 1.39. The van der Waals surface area contributed by atoms with Crippen molar-refractivity contribution in [3.8, 4) is 0 Å². The van der Waals surface area contributed by atoms with Gasteiger partial charge in [-0.3, -0.25) is 14.5 Å². The van der Waals surface area contributed by atoms with Crippen LogP contribution >= 0.6 is 0 Å². The van der Waals surface area contributed by atoms with Crippen molar-refractivity contribution >= 4 is 28.9 Å². The largest absolute Gasteiger partial charge is 0.376 e. The highest BCUT2D eigenvalue weighted by atomic mass is 16.2. The zero-order valence-electron chi connectivity index (χ0n) is 20.0. The SMILES string of the molecule is CC(C)C(C)N1Cc2cccc(NCC(=O)Nc3ccccc3C(=O)Nc3ccccc3)c2C1. The van der Waals surface area contributed by atoms with Gasteiger partial charge in [-0.05, 0) is 54.3 Å². The van der Waals surface area contributed by atoms with E-state index < -0.39 is 0 Å². The van der Waals surface area contributed by atoms with Crippen molar-refractivity contribution in [2.45, 2.75) is 39.9 Å². The average molecular weight is 457 g/mol. The zero-order valence-corrected chi connectivity index (χ0v) is 20.0. The Hall–Kier alpha value is -3.64. The molecule has 1 aliphatic heterocycles. The van der Waals surface area contributed by atoms with E-state index in [-0.39, 0.29) is 18.4 Å². The summed E-state index contributed by atoms with van der Waals surface area (Å²) >= 11 is 0. The van der Waals surface area contributed by atoms with Crippen LogP contribution in [0.25, 0.3) is 0 Å². The van der Waals surface area contributed by atoms with E-state index in [0.29, 0.717) is 28.9 Å². The van der Waals surface area contributed by atoms with Crippen LogP contribution in [0.2, 0.25) is 0 Å². The van der Waals surface area contributed by atoms with Crippen LogP contribution in [0.4, 0.5) is 17.1 Å². The molecule has 6 heteroatoms. The maximum Gasteiger partial charge on any atom is 0.257 e. The summed E-state index contributed by atoms with van der Waals surface area (Å²) in [4.78, 5) is 28.0. The van der Waals surface area contributed by atoms with E-state index in [1.807, 2.05) is 42.5 Å². The number of carbonyl (C=O) groups is 2. The third-order valence-electron chi connectivity index (χ3n) is 6.47. The van der Waals surface area contributed by atoms with Crippen LogP contribution in [-0.4, -0.2) is 29.3 Å². The van der Waals surface area contributed by atoms with Crippen molar-refractivity contribution in [2.75, 3.05) is 22.5 Å². The number of hydrogen-bond donors (Lipinski definition) is 3. The van der Waals surface area contributed by atoms with Crippen molar-refractivity contribution in [1.82, 2.24) is 4.90 Å². The lowest BCUT2D eigenvalue weighted by Crippen LogP contribution is -2.32. The second kappa shape index (κ2) is 10.5. The van der Waals surface area contributed by atoms with Gasteiger partial charge in [0.05, 0.1) is 17.8 Å². The fourth-order valence-electron chi connectivity index (χ4n) is 4.20. The molecule has 6 nitrogen and oxygen atoms in total. The number of benzene rings is 3. The summed E-state index contributed by atoms with van der Waals surface area (Å²) in [5.74, 6) is 0.105. The maximum absolute atomic E-state index is 12.8. The standard InChI is InChI=1S/C28H32N4O2/c1-19(2)20(3)32-17-21-10-9-15-25(24(21)18-32)29-16-27(33)31-26-14-8-7-13-23(26)28(34)30-22-11-5-4-6-12-22/h4-15,19-20,29H,16-18H2,1-3H3,(H,30,34)(H,31,33). The first-order chi connectivity index (χ1) is 16.4. The summed E-state index contributed by atoms with van der Waals surface area (Å²) in [6.07, 6.45) is 0. The molecule has 0 bridgehead atoms. The van der Waals surface area contributed by atoms with Crippen LogP contribution in [0, 0.1) is 5.92 Å². The fraction of sp³-hybridized carbons (Fsp3) is 0.286. The first kappa shape index (κ1) is 23.5. The minimum Gasteiger partial charge on any atom is -0.376 e. The van der Waals surface area contributed by atoms with Gasteiger partial charge in [-0.15, -0.1) is 0 Å². The van der Waals surface area contributed by atoms with E-state index in [1.165, 1.54) is 11.1 Å². The number of carbonyl (C=O) groups excluding carboxylic acids is 2. The number of para-hydroxylation sites is 2. The minimum absolute atomic E-state index is 0.116. The molecule has 4 rings (SSSR count). The number of amides is 2. The van der Waals surface area contributed by atoms with Crippen LogP contribution in [0.1, 0.15) is 42.3 Å². The highest BCUT2D eigenvalue weighted by molar-refractivity contribution is 6.10. The minimum atomic E-state index is -0.268. The lowest BCUT2D eigenvalue weighted by molar-refractivity contribution is -0.114. The molecule has 0 radical (unpaired) electrons. The van der Waals surface area contributed by atoms with E-state index in [4.69, 9.17) is 0 Å². The molecule has 3 aromatic rings. The molecule has 0 spiro atoms. The number of nitrogens with one attached hydrogen (secondary N) is 3. The lowest BCUT2D eigenvalue weighted by atomic mass is 10.1. The fourth-order valence-corrected chi connectivity index (χ4v) is 4.20. The third kappa shape index (κ3) is 5.46. The first-order valence-electron chi connectivity index (χ1n) is 11.8. The molecule has 1 aliphatic rings. The molecule has 0 saturated carbocycles. The smallest absolute Gasteiger partial charge is 0.257 e. The van der Waals surface area contributed by atoms with Crippen molar-refractivity contribution in [2.24, 2.45) is 5.92 Å². The molecule has 0 fully saturated rings. The highest BCUT2D eigenvalue weighted by Gasteiger charge is 2.26. The monoisotopic (exact) mass is 456 g/mol. The maximum atomic E-state index is 12.8. The van der Waals surface area contributed by atoms with Gasteiger partial charge < -0.3 is 16.0 Å². The number of hydrogen-bond acceptors (Lipinski definition) is 4. The highest BCUT2D eigenvalue weighted by Crippen LogP contribution is 2.32. The predicted octanol–water partition coefficient (Wildman–Crippen LogP) is 5.35. The molecular formula is C28H32N4O2. The normalized spacial score (nSPS) is 13.9. The zero-order chi connectivity index (χ0) is 24.1. The second-order valence-electron chi connectivity index (χ2n) is 9.10. The van der Waals surface area contributed by atoms with E-state index in [0.717, 1.165) is 18.8 Å². The van der Waals surface area contributed by atoms with Crippen molar-refractivity contribution in [3.63, 3.8) is 0 Å². The topological polar surface area (TPSA) is 73.5 Å². The summed E-state index contributed by atoms with van der Waals surface area (Å²) in [5, 5.41) is 9.06. The van der Waals surface area contributed by atoms with Gasteiger partial charge in [-0.25, -0.2) is 0 Å². The van der Waals surface area contributed by atoms with Gasteiger partial charge in [-0.2, -0.15) is 0 Å².